The van der Waals surface area contributed by atoms with Crippen LogP contribution >= 0.6 is 0 Å². The third-order valence-corrected chi connectivity index (χ3v) is 6.80. The fourth-order valence-corrected chi connectivity index (χ4v) is 4.33. The Morgan fingerprint density at radius 2 is 1.84 bits per heavy atom. The van der Waals surface area contributed by atoms with Gasteiger partial charge in [0.25, 0.3) is 5.91 Å². The van der Waals surface area contributed by atoms with E-state index < -0.39 is 6.10 Å². The molecule has 1 amide bonds. The first-order valence-electron chi connectivity index (χ1n) is 12.0. The van der Waals surface area contributed by atoms with Gasteiger partial charge in [0.1, 0.15) is 5.76 Å². The number of hydrogen-bond acceptors (Lipinski definition) is 4. The summed E-state index contributed by atoms with van der Waals surface area (Å²) >= 11 is 0. The van der Waals surface area contributed by atoms with E-state index in [2.05, 4.69) is 39.0 Å². The lowest BCUT2D eigenvalue weighted by Crippen LogP contribution is -2.35. The standard InChI is InChI=1S/C27H43NO4/c1-9-12-19-17-20(13-14-21(19)31-18-23(29)26(4,5)6)27(10-2,11-3)24-16-15-22(32-24)25(30)28(7)8/h13-17,19,21,23,29H,9-12,18H2,1-8H3. The molecule has 0 bridgehead atoms. The zero-order valence-corrected chi connectivity index (χ0v) is 21.3. The second kappa shape index (κ2) is 10.8. The van der Waals surface area contributed by atoms with Crippen molar-refractivity contribution in [3.63, 3.8) is 0 Å². The van der Waals surface area contributed by atoms with E-state index in [1.54, 1.807) is 20.2 Å². The molecule has 3 unspecified atom stereocenters. The highest BCUT2D eigenvalue weighted by atomic mass is 16.5. The maximum atomic E-state index is 12.4. The zero-order valence-electron chi connectivity index (χ0n) is 21.3. The van der Waals surface area contributed by atoms with E-state index in [1.165, 1.54) is 10.5 Å². The van der Waals surface area contributed by atoms with Gasteiger partial charge in [0, 0.05) is 20.0 Å². The summed E-state index contributed by atoms with van der Waals surface area (Å²) in [4.78, 5) is 13.9. The number of furan rings is 1. The number of aliphatic hydroxyl groups is 1. The summed E-state index contributed by atoms with van der Waals surface area (Å²) in [5, 5.41) is 10.4. The van der Waals surface area contributed by atoms with E-state index in [9.17, 15) is 9.90 Å². The number of ether oxygens (including phenoxy) is 1. The lowest BCUT2D eigenvalue weighted by atomic mass is 9.70. The topological polar surface area (TPSA) is 62.9 Å². The zero-order chi connectivity index (χ0) is 24.1. The minimum absolute atomic E-state index is 0.0513. The Hall–Kier alpha value is -1.85. The van der Waals surface area contributed by atoms with Crippen molar-refractivity contribution in [2.45, 2.75) is 84.8 Å². The predicted molar refractivity (Wildman–Crippen MR) is 130 cm³/mol. The fourth-order valence-electron chi connectivity index (χ4n) is 4.33. The van der Waals surface area contributed by atoms with Crippen molar-refractivity contribution in [3.05, 3.63) is 47.5 Å². The van der Waals surface area contributed by atoms with E-state index >= 15 is 0 Å². The van der Waals surface area contributed by atoms with E-state index in [1.807, 2.05) is 26.8 Å². The van der Waals surface area contributed by atoms with E-state index in [4.69, 9.17) is 9.15 Å². The molecule has 0 saturated carbocycles. The van der Waals surface area contributed by atoms with Crippen LogP contribution in [0, 0.1) is 11.3 Å². The van der Waals surface area contributed by atoms with Crippen molar-refractivity contribution in [1.29, 1.82) is 0 Å². The molecule has 0 spiro atoms. The molecule has 3 atom stereocenters. The fraction of sp³-hybridized carbons (Fsp3) is 0.667. The number of amides is 1. The smallest absolute Gasteiger partial charge is 0.289 e. The average molecular weight is 446 g/mol. The Labute approximate surface area is 194 Å². The summed E-state index contributed by atoms with van der Waals surface area (Å²) in [6.07, 6.45) is 9.87. The van der Waals surface area contributed by atoms with Crippen molar-refractivity contribution in [1.82, 2.24) is 4.90 Å². The number of aliphatic hydroxyl groups excluding tert-OH is 1. The van der Waals surface area contributed by atoms with E-state index in [-0.39, 0.29) is 28.8 Å². The summed E-state index contributed by atoms with van der Waals surface area (Å²) in [6, 6.07) is 3.74. The first-order chi connectivity index (χ1) is 15.0. The van der Waals surface area contributed by atoms with Crippen LogP contribution in [0.15, 0.2) is 40.4 Å². The van der Waals surface area contributed by atoms with Gasteiger partial charge in [-0.2, -0.15) is 0 Å². The van der Waals surface area contributed by atoms with Crippen molar-refractivity contribution in [2.24, 2.45) is 11.3 Å². The number of hydrogen-bond donors (Lipinski definition) is 1. The molecule has 1 aliphatic rings. The molecule has 32 heavy (non-hydrogen) atoms. The molecule has 2 rings (SSSR count). The lowest BCUT2D eigenvalue weighted by Gasteiger charge is -2.36. The predicted octanol–water partition coefficient (Wildman–Crippen LogP) is 5.74. The van der Waals surface area contributed by atoms with Crippen molar-refractivity contribution < 1.29 is 19.1 Å². The summed E-state index contributed by atoms with van der Waals surface area (Å²) in [7, 11) is 3.46. The SMILES string of the molecule is CCCC1C=C(C(CC)(CC)c2ccc(C(=O)N(C)C)o2)C=CC1OCC(O)C(C)(C)C. The minimum Gasteiger partial charge on any atom is -0.455 e. The Morgan fingerprint density at radius 1 is 1.19 bits per heavy atom. The largest absolute Gasteiger partial charge is 0.455 e. The van der Waals surface area contributed by atoms with Crippen molar-refractivity contribution >= 4 is 5.91 Å². The van der Waals surface area contributed by atoms with Crippen LogP contribution in [0.1, 0.15) is 83.5 Å². The van der Waals surface area contributed by atoms with Crippen molar-refractivity contribution in [2.75, 3.05) is 20.7 Å². The van der Waals surface area contributed by atoms with Gasteiger partial charge in [-0.25, -0.2) is 0 Å². The van der Waals surface area contributed by atoms with E-state index in [0.717, 1.165) is 31.4 Å². The molecule has 0 aromatic carbocycles. The molecule has 1 aromatic rings. The second-order valence-corrected chi connectivity index (χ2v) is 10.3. The van der Waals surface area contributed by atoms with Gasteiger partial charge in [0.05, 0.1) is 24.2 Å². The highest BCUT2D eigenvalue weighted by molar-refractivity contribution is 5.91. The molecular weight excluding hydrogens is 402 g/mol. The Kier molecular flexibility index (Phi) is 8.95. The second-order valence-electron chi connectivity index (χ2n) is 10.3. The molecule has 1 N–H and O–H groups in total. The minimum atomic E-state index is -0.510. The van der Waals surface area contributed by atoms with Gasteiger partial charge >= 0.3 is 0 Å². The average Bonchev–Trinajstić information content (AvgIpc) is 3.23. The number of carbonyl (C=O) groups excluding carboxylic acids is 1. The van der Waals surface area contributed by atoms with Crippen LogP contribution in [0.4, 0.5) is 0 Å². The van der Waals surface area contributed by atoms with Gasteiger partial charge in [-0.3, -0.25) is 4.79 Å². The third-order valence-electron chi connectivity index (χ3n) is 6.80. The monoisotopic (exact) mass is 445 g/mol. The molecular formula is C27H43NO4. The molecule has 1 aliphatic carbocycles. The van der Waals surface area contributed by atoms with Gasteiger partial charge in [0.15, 0.2) is 5.76 Å². The molecule has 1 heterocycles. The van der Waals surface area contributed by atoms with Gasteiger partial charge in [-0.15, -0.1) is 0 Å². The van der Waals surface area contributed by atoms with Gasteiger partial charge in [-0.05, 0) is 42.4 Å². The van der Waals surface area contributed by atoms with Crippen LogP contribution in [0.2, 0.25) is 0 Å². The summed E-state index contributed by atoms with van der Waals surface area (Å²) in [5.74, 6) is 1.32. The quantitative estimate of drug-likeness (QED) is 0.498. The van der Waals surface area contributed by atoms with Crippen molar-refractivity contribution in [3.8, 4) is 0 Å². The van der Waals surface area contributed by atoms with Gasteiger partial charge < -0.3 is 19.2 Å². The van der Waals surface area contributed by atoms with Crippen LogP contribution in [-0.2, 0) is 10.2 Å². The maximum Gasteiger partial charge on any atom is 0.289 e. The van der Waals surface area contributed by atoms with E-state index in [0.29, 0.717) is 12.4 Å². The molecule has 0 aliphatic heterocycles. The summed E-state index contributed by atoms with van der Waals surface area (Å²) in [5.41, 5.74) is 0.721. The molecule has 0 fully saturated rings. The number of nitrogens with zero attached hydrogens (tertiary/aromatic N) is 1. The van der Waals surface area contributed by atoms with Crippen LogP contribution in [0.25, 0.3) is 0 Å². The summed E-state index contributed by atoms with van der Waals surface area (Å²) < 4.78 is 12.3. The first-order valence-corrected chi connectivity index (χ1v) is 12.0. The highest BCUT2D eigenvalue weighted by Gasteiger charge is 2.38. The Balaban J connectivity index is 2.32. The Bertz CT molecular complexity index is 808. The molecule has 0 saturated heterocycles. The van der Waals surface area contributed by atoms with Crippen LogP contribution < -0.4 is 0 Å². The maximum absolute atomic E-state index is 12.4. The number of carbonyl (C=O) groups is 1. The molecule has 5 heteroatoms. The summed E-state index contributed by atoms with van der Waals surface area (Å²) in [6.45, 7) is 12.9. The molecule has 0 radical (unpaired) electrons. The van der Waals surface area contributed by atoms with Gasteiger partial charge in [-0.1, -0.05) is 66.2 Å². The first kappa shape index (κ1) is 26.4. The van der Waals surface area contributed by atoms with Crippen LogP contribution in [0.5, 0.6) is 0 Å². The third kappa shape index (κ3) is 5.74. The van der Waals surface area contributed by atoms with Gasteiger partial charge in [0.2, 0.25) is 0 Å². The van der Waals surface area contributed by atoms with Crippen LogP contribution in [-0.4, -0.2) is 48.8 Å². The van der Waals surface area contributed by atoms with Crippen LogP contribution in [0.3, 0.4) is 0 Å². The normalized spacial score (nSPS) is 20.2. The molecule has 5 nitrogen and oxygen atoms in total. The number of allylic oxidation sites excluding steroid dienone is 2. The molecule has 1 aromatic heterocycles. The number of rotatable bonds is 10. The lowest BCUT2D eigenvalue weighted by molar-refractivity contribution is -0.0480. The highest BCUT2D eigenvalue weighted by Crippen LogP contribution is 2.43. The molecule has 180 valence electrons. The Morgan fingerprint density at radius 3 is 2.38 bits per heavy atom.